The van der Waals surface area contributed by atoms with Crippen LogP contribution in [0.15, 0.2) is 58.5 Å². The predicted molar refractivity (Wildman–Crippen MR) is 163 cm³/mol. The summed E-state index contributed by atoms with van der Waals surface area (Å²) in [5.41, 5.74) is 6.88. The average molecular weight is 541 g/mol. The summed E-state index contributed by atoms with van der Waals surface area (Å²) in [6, 6.07) is 17.6. The molecule has 0 unspecified atom stereocenters. The number of fused-ring (bicyclic) bond motifs is 2. The maximum absolute atomic E-state index is 6.12. The van der Waals surface area contributed by atoms with Gasteiger partial charge in [-0.25, -0.2) is 0 Å². The molecule has 0 saturated carbocycles. The highest BCUT2D eigenvalue weighted by molar-refractivity contribution is 6.02. The molecule has 2 aromatic carbocycles. The van der Waals surface area contributed by atoms with E-state index in [4.69, 9.17) is 9.68 Å². The van der Waals surface area contributed by atoms with E-state index in [-0.39, 0.29) is 0 Å². The van der Waals surface area contributed by atoms with Gasteiger partial charge in [-0.15, -0.1) is 0 Å². The van der Waals surface area contributed by atoms with Crippen molar-refractivity contribution in [3.63, 3.8) is 0 Å². The van der Waals surface area contributed by atoms with Gasteiger partial charge in [-0.2, -0.15) is 9.46 Å². The zero-order valence-electron chi connectivity index (χ0n) is 23.7. The fraction of sp³-hybridized carbons (Fsp3) is 0.438. The van der Waals surface area contributed by atoms with Crippen LogP contribution in [0.1, 0.15) is 62.0 Å². The van der Waals surface area contributed by atoms with Crippen molar-refractivity contribution in [2.75, 3.05) is 39.4 Å². The van der Waals surface area contributed by atoms with E-state index in [0.717, 1.165) is 98.5 Å². The molecular weight excluding hydrogens is 500 g/mol. The lowest BCUT2D eigenvalue weighted by Gasteiger charge is -2.16. The summed E-state index contributed by atoms with van der Waals surface area (Å²) < 4.78 is 4.06. The molecule has 8 nitrogen and oxygen atoms in total. The van der Waals surface area contributed by atoms with Gasteiger partial charge in [0.15, 0.2) is 0 Å². The molecule has 0 radical (unpaired) electrons. The fourth-order valence-electron chi connectivity index (χ4n) is 5.74. The minimum Gasteiger partial charge on any atom is -0.414 e. The Morgan fingerprint density at radius 1 is 0.675 bits per heavy atom. The second-order valence-corrected chi connectivity index (χ2v) is 10.5. The summed E-state index contributed by atoms with van der Waals surface area (Å²) in [7, 11) is 0. The van der Waals surface area contributed by atoms with Gasteiger partial charge in [-0.1, -0.05) is 24.3 Å². The zero-order valence-corrected chi connectivity index (χ0v) is 23.7. The van der Waals surface area contributed by atoms with Gasteiger partial charge in [0.2, 0.25) is 0 Å². The molecular formula is C32H40N6O2. The highest BCUT2D eigenvalue weighted by atomic mass is 16.7. The highest BCUT2D eigenvalue weighted by Gasteiger charge is 2.16. The standard InChI is InChI=1S/C32H40N6O2/c1-3-39-37-27(19-23-11-13-25(21-29(23)37)31-33-15-7-16-34-31)9-5-6-10-28-20-24-12-14-26(32-35-17-8-18-36-32)22-30(24)38(28)40-4-2/h11-14,19-22H,3-10,15-18H2,1-2H3,(H,33,34)(H,35,36). The number of unbranched alkanes of at least 4 members (excludes halogenated alkanes) is 1. The van der Waals surface area contributed by atoms with Gasteiger partial charge in [0, 0.05) is 48.1 Å². The van der Waals surface area contributed by atoms with Crippen LogP contribution in [-0.2, 0) is 12.8 Å². The lowest BCUT2D eigenvalue weighted by Crippen LogP contribution is -2.30. The number of nitrogens with zero attached hydrogens (tertiary/aromatic N) is 4. The normalized spacial score (nSPS) is 15.4. The van der Waals surface area contributed by atoms with Crippen molar-refractivity contribution in [3.8, 4) is 0 Å². The zero-order chi connectivity index (χ0) is 27.3. The maximum Gasteiger partial charge on any atom is 0.128 e. The number of aryl methyl sites for hydroxylation is 2. The molecule has 210 valence electrons. The molecule has 0 amide bonds. The lowest BCUT2D eigenvalue weighted by molar-refractivity contribution is 0.124. The predicted octanol–water partition coefficient (Wildman–Crippen LogP) is 4.54. The van der Waals surface area contributed by atoms with E-state index in [9.17, 15) is 0 Å². The Morgan fingerprint density at radius 2 is 1.15 bits per heavy atom. The Labute approximate surface area is 236 Å². The molecule has 8 heteroatoms. The van der Waals surface area contributed by atoms with Crippen molar-refractivity contribution in [2.45, 2.75) is 52.4 Å². The minimum atomic E-state index is 0.624. The van der Waals surface area contributed by atoms with E-state index >= 15 is 0 Å². The van der Waals surface area contributed by atoms with Gasteiger partial charge in [-0.3, -0.25) is 9.98 Å². The topological polar surface area (TPSA) is 77.1 Å². The number of nitrogens with one attached hydrogen (secondary N) is 2. The number of benzene rings is 2. The van der Waals surface area contributed by atoms with Crippen LogP contribution in [0.4, 0.5) is 0 Å². The van der Waals surface area contributed by atoms with Crippen LogP contribution >= 0.6 is 0 Å². The summed E-state index contributed by atoms with van der Waals surface area (Å²) in [5, 5.41) is 9.28. The van der Waals surface area contributed by atoms with E-state index in [1.54, 1.807) is 0 Å². The van der Waals surface area contributed by atoms with E-state index < -0.39 is 0 Å². The summed E-state index contributed by atoms with van der Waals surface area (Å²) in [5.74, 6) is 1.97. The molecule has 0 bridgehead atoms. The molecule has 2 aromatic heterocycles. The van der Waals surface area contributed by atoms with Crippen LogP contribution in [0.3, 0.4) is 0 Å². The van der Waals surface area contributed by atoms with Gasteiger partial charge >= 0.3 is 0 Å². The Bertz CT molecular complexity index is 1430. The summed E-state index contributed by atoms with van der Waals surface area (Å²) in [4.78, 5) is 21.6. The van der Waals surface area contributed by atoms with Crippen LogP contribution in [0, 0.1) is 0 Å². The van der Waals surface area contributed by atoms with Gasteiger partial charge < -0.3 is 20.3 Å². The maximum atomic E-state index is 6.12. The monoisotopic (exact) mass is 540 g/mol. The summed E-state index contributed by atoms with van der Waals surface area (Å²) >= 11 is 0. The highest BCUT2D eigenvalue weighted by Crippen LogP contribution is 2.25. The van der Waals surface area contributed by atoms with Crippen LogP contribution in [0.5, 0.6) is 0 Å². The number of aliphatic imine (C=N–C) groups is 2. The molecule has 2 N–H and O–H groups in total. The average Bonchev–Trinajstić information content (AvgIpc) is 3.53. The molecule has 2 aliphatic heterocycles. The molecule has 2 aliphatic rings. The molecule has 0 fully saturated rings. The van der Waals surface area contributed by atoms with Crippen LogP contribution in [-0.4, -0.2) is 60.5 Å². The third-order valence-electron chi connectivity index (χ3n) is 7.64. The summed E-state index contributed by atoms with van der Waals surface area (Å²) in [6.07, 6.45) is 6.20. The molecule has 40 heavy (non-hydrogen) atoms. The molecule has 0 saturated heterocycles. The largest absolute Gasteiger partial charge is 0.414 e. The van der Waals surface area contributed by atoms with Crippen molar-refractivity contribution in [1.82, 2.24) is 20.1 Å². The fourth-order valence-corrected chi connectivity index (χ4v) is 5.74. The van der Waals surface area contributed by atoms with Crippen molar-refractivity contribution in [1.29, 1.82) is 0 Å². The summed E-state index contributed by atoms with van der Waals surface area (Å²) in [6.45, 7) is 9.05. The quantitative estimate of drug-likeness (QED) is 0.274. The third kappa shape index (κ3) is 5.40. The van der Waals surface area contributed by atoms with Crippen LogP contribution in [0.25, 0.3) is 21.8 Å². The first-order chi connectivity index (χ1) is 19.7. The second-order valence-electron chi connectivity index (χ2n) is 10.5. The van der Waals surface area contributed by atoms with E-state index in [2.05, 4.69) is 69.1 Å². The molecule has 0 spiro atoms. The number of amidine groups is 2. The number of rotatable bonds is 11. The van der Waals surface area contributed by atoms with Gasteiger partial charge in [0.05, 0.1) is 22.4 Å². The van der Waals surface area contributed by atoms with E-state index in [1.807, 2.05) is 23.3 Å². The van der Waals surface area contributed by atoms with E-state index in [0.29, 0.717) is 13.2 Å². The lowest BCUT2D eigenvalue weighted by atomic mass is 10.1. The molecule has 0 aliphatic carbocycles. The third-order valence-corrected chi connectivity index (χ3v) is 7.64. The number of aromatic nitrogens is 2. The SMILES string of the molecule is CCOn1c(CCCCc2cc3ccc(C4=NCCCN4)cc3n2OCC)cc2ccc(C3=NCCCN3)cc21. The Kier molecular flexibility index (Phi) is 7.93. The Hall–Kier alpha value is -3.94. The Morgan fingerprint density at radius 3 is 1.55 bits per heavy atom. The van der Waals surface area contributed by atoms with Gasteiger partial charge in [0.1, 0.15) is 24.9 Å². The first-order valence-electron chi connectivity index (χ1n) is 14.9. The van der Waals surface area contributed by atoms with Crippen LogP contribution < -0.4 is 20.3 Å². The van der Waals surface area contributed by atoms with Gasteiger partial charge in [0.25, 0.3) is 0 Å². The molecule has 4 aromatic rings. The molecule has 6 rings (SSSR count). The number of hydrogen-bond acceptors (Lipinski definition) is 6. The van der Waals surface area contributed by atoms with Crippen LogP contribution in [0.2, 0.25) is 0 Å². The van der Waals surface area contributed by atoms with Crippen molar-refractivity contribution in [2.24, 2.45) is 9.98 Å². The Balaban J connectivity index is 1.17. The minimum absolute atomic E-state index is 0.624. The van der Waals surface area contributed by atoms with Crippen molar-refractivity contribution < 1.29 is 9.68 Å². The van der Waals surface area contributed by atoms with Crippen molar-refractivity contribution >= 4 is 33.5 Å². The second kappa shape index (κ2) is 12.1. The van der Waals surface area contributed by atoms with Gasteiger partial charge in [-0.05, 0) is 76.6 Å². The van der Waals surface area contributed by atoms with Crippen molar-refractivity contribution in [3.05, 3.63) is 71.0 Å². The first kappa shape index (κ1) is 26.3. The first-order valence-corrected chi connectivity index (χ1v) is 14.9. The van der Waals surface area contributed by atoms with E-state index in [1.165, 1.54) is 22.2 Å². The number of hydrogen-bond donors (Lipinski definition) is 2. The molecule has 0 atom stereocenters. The smallest absolute Gasteiger partial charge is 0.128 e. The molecule has 4 heterocycles.